The van der Waals surface area contributed by atoms with E-state index in [0.29, 0.717) is 45.2 Å². The molecule has 0 radical (unpaired) electrons. The fourth-order valence-corrected chi connectivity index (χ4v) is 5.91. The zero-order valence-electron chi connectivity index (χ0n) is 30.2. The van der Waals surface area contributed by atoms with Gasteiger partial charge >= 0.3 is 5.97 Å². The van der Waals surface area contributed by atoms with E-state index in [9.17, 15) is 19.5 Å². The second-order valence-corrected chi connectivity index (χ2v) is 13.4. The smallest absolute Gasteiger partial charge is 0.303 e. The van der Waals surface area contributed by atoms with Gasteiger partial charge in [-0.3, -0.25) is 19.4 Å². The second-order valence-electron chi connectivity index (χ2n) is 13.4. The van der Waals surface area contributed by atoms with E-state index >= 15 is 0 Å². The molecular formula is C42H52N2O7. The van der Waals surface area contributed by atoms with Crippen LogP contribution in [0, 0.1) is 12.8 Å². The molecule has 1 heterocycles. The van der Waals surface area contributed by atoms with Gasteiger partial charge in [0, 0.05) is 42.6 Å². The Morgan fingerprint density at radius 3 is 2.27 bits per heavy atom. The average molecular weight is 697 g/mol. The number of Topliss-reactive ketones (excluding diaryl/α,β-unsaturated/α-hetero) is 1. The predicted octanol–water partition coefficient (Wildman–Crippen LogP) is 7.72. The number of fused-ring (bicyclic) bond motifs is 1. The average Bonchev–Trinajstić information content (AvgIpc) is 3.11. The van der Waals surface area contributed by atoms with Gasteiger partial charge in [0.25, 0.3) is 0 Å². The van der Waals surface area contributed by atoms with Gasteiger partial charge in [-0.15, -0.1) is 0 Å². The molecule has 0 saturated heterocycles. The van der Waals surface area contributed by atoms with Gasteiger partial charge < -0.3 is 24.6 Å². The predicted molar refractivity (Wildman–Crippen MR) is 200 cm³/mol. The van der Waals surface area contributed by atoms with Crippen molar-refractivity contribution in [3.8, 4) is 16.9 Å². The van der Waals surface area contributed by atoms with Gasteiger partial charge in [0.2, 0.25) is 5.91 Å². The normalized spacial score (nSPS) is 11.8. The van der Waals surface area contributed by atoms with Crippen LogP contribution >= 0.6 is 0 Å². The molecule has 0 fully saturated rings. The molecule has 2 N–H and O–H groups in total. The van der Waals surface area contributed by atoms with Gasteiger partial charge in [-0.25, -0.2) is 0 Å². The number of ether oxygens (including phenoxy) is 3. The summed E-state index contributed by atoms with van der Waals surface area (Å²) in [5.41, 5.74) is 4.91. The highest BCUT2D eigenvalue weighted by Crippen LogP contribution is 2.35. The van der Waals surface area contributed by atoms with Gasteiger partial charge in [0.15, 0.2) is 5.78 Å². The second kappa shape index (κ2) is 20.9. The minimum atomic E-state index is -0.981. The molecule has 0 spiro atoms. The first-order valence-electron chi connectivity index (χ1n) is 18.0. The number of benzene rings is 3. The summed E-state index contributed by atoms with van der Waals surface area (Å²) >= 11 is 0. The number of rotatable bonds is 23. The first kappa shape index (κ1) is 39.2. The Balaban J connectivity index is 1.28. The van der Waals surface area contributed by atoms with Gasteiger partial charge in [-0.1, -0.05) is 68.4 Å². The molecule has 0 unspecified atom stereocenters. The number of carboxylic acids is 1. The number of carbonyl (C=O) groups is 3. The van der Waals surface area contributed by atoms with Crippen molar-refractivity contribution in [1.82, 2.24) is 10.3 Å². The first-order valence-corrected chi connectivity index (χ1v) is 18.0. The van der Waals surface area contributed by atoms with Crippen LogP contribution in [0.4, 0.5) is 0 Å². The minimum Gasteiger partial charge on any atom is -0.491 e. The van der Waals surface area contributed by atoms with E-state index in [2.05, 4.69) is 30.2 Å². The van der Waals surface area contributed by atoms with Gasteiger partial charge in [0.1, 0.15) is 12.4 Å². The van der Waals surface area contributed by atoms with E-state index in [4.69, 9.17) is 14.2 Å². The van der Waals surface area contributed by atoms with Crippen LogP contribution < -0.4 is 10.1 Å². The SMILES string of the molecule is Cc1ccnc(CCCCC(=O)NCC(=O)C[C@H](CC(=O)O)c2ccc(-c3ccc(OCCOCCOCCC(C)C)c4ccccc34)cc2)c1. The fraction of sp³-hybridized carbons (Fsp3) is 0.429. The molecule has 9 nitrogen and oxygen atoms in total. The van der Waals surface area contributed by atoms with Crippen molar-refractivity contribution in [1.29, 1.82) is 0 Å². The zero-order valence-corrected chi connectivity index (χ0v) is 30.2. The maximum absolute atomic E-state index is 12.9. The molecule has 0 aliphatic heterocycles. The number of aliphatic carboxylic acids is 1. The summed E-state index contributed by atoms with van der Waals surface area (Å²) in [6.07, 6.45) is 5.31. The molecule has 1 aromatic heterocycles. The number of unbranched alkanes of at least 4 members (excludes halogenated alkanes) is 1. The van der Waals surface area contributed by atoms with Crippen LogP contribution in [0.5, 0.6) is 5.75 Å². The highest BCUT2D eigenvalue weighted by molar-refractivity contribution is 6.00. The molecule has 272 valence electrons. The summed E-state index contributed by atoms with van der Waals surface area (Å²) in [6.45, 7) is 8.99. The van der Waals surface area contributed by atoms with Crippen LogP contribution in [0.2, 0.25) is 0 Å². The van der Waals surface area contributed by atoms with Crippen LogP contribution in [-0.4, -0.2) is 67.3 Å². The van der Waals surface area contributed by atoms with Crippen LogP contribution in [0.3, 0.4) is 0 Å². The molecular weight excluding hydrogens is 644 g/mol. The van der Waals surface area contributed by atoms with Crippen LogP contribution in [-0.2, 0) is 30.3 Å². The molecule has 3 aromatic carbocycles. The van der Waals surface area contributed by atoms with Crippen molar-refractivity contribution in [2.45, 2.75) is 71.6 Å². The molecule has 9 heteroatoms. The molecule has 0 aliphatic rings. The Bertz CT molecular complexity index is 1700. The Morgan fingerprint density at radius 2 is 1.55 bits per heavy atom. The van der Waals surface area contributed by atoms with Crippen LogP contribution in [0.15, 0.2) is 79.0 Å². The number of carboxylic acid groups (broad SMARTS) is 1. The van der Waals surface area contributed by atoms with E-state index < -0.39 is 11.9 Å². The number of aromatic nitrogens is 1. The Morgan fingerprint density at radius 1 is 0.824 bits per heavy atom. The fourth-order valence-electron chi connectivity index (χ4n) is 5.91. The number of nitrogens with one attached hydrogen (secondary N) is 1. The van der Waals surface area contributed by atoms with Crippen molar-refractivity contribution < 1.29 is 33.7 Å². The Hall–Kier alpha value is -4.60. The first-order chi connectivity index (χ1) is 24.7. The maximum Gasteiger partial charge on any atom is 0.303 e. The minimum absolute atomic E-state index is 0.0226. The van der Waals surface area contributed by atoms with E-state index in [0.717, 1.165) is 70.3 Å². The van der Waals surface area contributed by atoms with Crippen molar-refractivity contribution in [2.24, 2.45) is 5.92 Å². The van der Waals surface area contributed by atoms with Gasteiger partial charge in [-0.2, -0.15) is 0 Å². The standard InChI is InChI=1S/C42H52N2O7/c1-30(2)19-21-49-22-23-50-24-25-51-40-17-16-37(38-9-5-6-10-39(38)40)33-14-12-32(13-15-33)34(28-42(47)48)27-36(45)29-44-41(46)11-7-4-8-35-26-31(3)18-20-43-35/h5-6,9-10,12-18,20,26,30,34H,4,7-8,11,19,21-25,27-29H2,1-3H3,(H,44,46)(H,47,48)/t34-/m1/s1. The highest BCUT2D eigenvalue weighted by atomic mass is 16.5. The lowest BCUT2D eigenvalue weighted by Crippen LogP contribution is -2.30. The molecule has 0 bridgehead atoms. The van der Waals surface area contributed by atoms with E-state index in [1.165, 1.54) is 0 Å². The monoisotopic (exact) mass is 696 g/mol. The Labute approximate surface area is 301 Å². The quantitative estimate of drug-likeness (QED) is 0.0756. The zero-order chi connectivity index (χ0) is 36.4. The van der Waals surface area contributed by atoms with Crippen molar-refractivity contribution in [2.75, 3.05) is 39.6 Å². The molecule has 4 rings (SSSR count). The van der Waals surface area contributed by atoms with E-state index in [1.807, 2.05) is 73.7 Å². The van der Waals surface area contributed by atoms with Crippen molar-refractivity contribution in [3.05, 3.63) is 95.8 Å². The summed E-state index contributed by atoms with van der Waals surface area (Å²) in [5.74, 6) is -0.482. The van der Waals surface area contributed by atoms with Crippen LogP contribution in [0.25, 0.3) is 21.9 Å². The van der Waals surface area contributed by atoms with Crippen molar-refractivity contribution in [3.63, 3.8) is 0 Å². The lowest BCUT2D eigenvalue weighted by Gasteiger charge is -2.17. The van der Waals surface area contributed by atoms with E-state index in [1.54, 1.807) is 6.20 Å². The lowest BCUT2D eigenvalue weighted by molar-refractivity contribution is -0.137. The third kappa shape index (κ3) is 13.6. The molecule has 1 amide bonds. The molecule has 51 heavy (non-hydrogen) atoms. The summed E-state index contributed by atoms with van der Waals surface area (Å²) in [4.78, 5) is 41.3. The number of aryl methyl sites for hydroxylation is 2. The number of pyridine rings is 1. The summed E-state index contributed by atoms with van der Waals surface area (Å²) in [6, 6.07) is 23.7. The lowest BCUT2D eigenvalue weighted by atomic mass is 9.89. The number of hydrogen-bond donors (Lipinski definition) is 2. The van der Waals surface area contributed by atoms with Gasteiger partial charge in [0.05, 0.1) is 32.8 Å². The molecule has 1 atom stereocenters. The largest absolute Gasteiger partial charge is 0.491 e. The van der Waals surface area contributed by atoms with Crippen molar-refractivity contribution >= 4 is 28.4 Å². The molecule has 4 aromatic rings. The number of ketones is 1. The summed E-state index contributed by atoms with van der Waals surface area (Å²) < 4.78 is 17.4. The Kier molecular flexibility index (Phi) is 16.1. The van der Waals surface area contributed by atoms with Crippen LogP contribution in [0.1, 0.15) is 75.1 Å². The molecule has 0 aliphatic carbocycles. The number of amides is 1. The third-order valence-corrected chi connectivity index (χ3v) is 8.71. The highest BCUT2D eigenvalue weighted by Gasteiger charge is 2.20. The number of carbonyl (C=O) groups excluding carboxylic acids is 2. The van der Waals surface area contributed by atoms with Gasteiger partial charge in [-0.05, 0) is 84.4 Å². The summed E-state index contributed by atoms with van der Waals surface area (Å²) in [7, 11) is 0. The topological polar surface area (TPSA) is 124 Å². The molecule has 0 saturated carbocycles. The third-order valence-electron chi connectivity index (χ3n) is 8.71. The summed E-state index contributed by atoms with van der Waals surface area (Å²) in [5, 5.41) is 14.3. The maximum atomic E-state index is 12.9. The number of nitrogens with zero attached hydrogens (tertiary/aromatic N) is 1. The number of hydrogen-bond acceptors (Lipinski definition) is 7. The van der Waals surface area contributed by atoms with E-state index in [-0.39, 0.29) is 31.1 Å².